The maximum Gasteiger partial charge on any atom is 0.259 e. The summed E-state index contributed by atoms with van der Waals surface area (Å²) in [7, 11) is 6.11. The number of imide groups is 1. The number of hydrogen-bond acceptors (Lipinski definition) is 4. The van der Waals surface area contributed by atoms with Crippen LogP contribution in [0.15, 0.2) is 42.6 Å². The third-order valence-electron chi connectivity index (χ3n) is 6.97. The number of nitrogens with one attached hydrogen (secondary N) is 3. The summed E-state index contributed by atoms with van der Waals surface area (Å²) >= 11 is 0. The molecule has 1 aliphatic heterocycles. The number of carbonyl (C=O) groups excluding carboxylic acids is 2. The lowest BCUT2D eigenvalue weighted by Gasteiger charge is -2.10. The summed E-state index contributed by atoms with van der Waals surface area (Å²) in [4.78, 5) is 31.9. The zero-order chi connectivity index (χ0) is 23.6. The van der Waals surface area contributed by atoms with E-state index in [-0.39, 0.29) is 11.8 Å². The van der Waals surface area contributed by atoms with Crippen LogP contribution in [0, 0.1) is 0 Å². The van der Waals surface area contributed by atoms with E-state index >= 15 is 0 Å². The number of hydrogen-bond donors (Lipinski definition) is 3. The second-order valence-corrected chi connectivity index (χ2v) is 9.40. The van der Waals surface area contributed by atoms with Gasteiger partial charge in [0.1, 0.15) is 0 Å². The van der Waals surface area contributed by atoms with Gasteiger partial charge in [-0.1, -0.05) is 30.3 Å². The van der Waals surface area contributed by atoms with Crippen molar-refractivity contribution in [3.8, 4) is 0 Å². The summed E-state index contributed by atoms with van der Waals surface area (Å²) in [6.07, 6.45) is 2.85. The smallest absolute Gasteiger partial charge is 0.259 e. The van der Waals surface area contributed by atoms with Crippen molar-refractivity contribution in [2.45, 2.75) is 6.42 Å². The highest BCUT2D eigenvalue weighted by Gasteiger charge is 2.34. The summed E-state index contributed by atoms with van der Waals surface area (Å²) in [5, 5.41) is 10.7. The Bertz CT molecular complexity index is 1640. The molecule has 5 aromatic rings. The number of likely N-dealkylation sites (N-methyl/N-ethyl adjacent to an activating group) is 1. The highest BCUT2D eigenvalue weighted by Crippen LogP contribution is 2.42. The molecule has 0 fully saturated rings. The minimum Gasteiger partial charge on any atom is -0.354 e. The van der Waals surface area contributed by atoms with Crippen LogP contribution in [0.1, 0.15) is 26.3 Å². The lowest BCUT2D eigenvalue weighted by Crippen LogP contribution is -2.27. The Labute approximate surface area is 196 Å². The lowest BCUT2D eigenvalue weighted by atomic mass is 9.93. The zero-order valence-corrected chi connectivity index (χ0v) is 19.6. The summed E-state index contributed by atoms with van der Waals surface area (Å²) in [5.41, 5.74) is 5.05. The molecule has 0 radical (unpaired) electrons. The molecule has 0 saturated heterocycles. The quantitative estimate of drug-likeness (QED) is 0.271. The van der Waals surface area contributed by atoms with E-state index in [9.17, 15) is 9.59 Å². The topological polar surface area (TPSA) is 82.2 Å². The first-order chi connectivity index (χ1) is 16.5. The van der Waals surface area contributed by atoms with E-state index in [1.54, 1.807) is 0 Å². The van der Waals surface area contributed by atoms with Gasteiger partial charge in [-0.2, -0.15) is 0 Å². The molecule has 7 nitrogen and oxygen atoms in total. The minimum absolute atomic E-state index is 0.323. The van der Waals surface area contributed by atoms with Crippen LogP contribution < -0.4 is 10.6 Å². The van der Waals surface area contributed by atoms with E-state index in [4.69, 9.17) is 0 Å². The Morgan fingerprint density at radius 2 is 1.68 bits per heavy atom. The SMILES string of the molecule is CN(C)CCNCCc1cccc2c1[nH]c1c3ccc4ccn(C)c4c3c3c(c21)C(=O)NC3=O. The fourth-order valence-electron chi connectivity index (χ4n) is 5.38. The van der Waals surface area contributed by atoms with Crippen molar-refractivity contribution in [3.63, 3.8) is 0 Å². The van der Waals surface area contributed by atoms with Crippen LogP contribution in [-0.2, 0) is 13.5 Å². The first-order valence-electron chi connectivity index (χ1n) is 11.6. The molecule has 2 amide bonds. The first-order valence-corrected chi connectivity index (χ1v) is 11.6. The molecule has 6 rings (SSSR count). The van der Waals surface area contributed by atoms with Crippen LogP contribution in [0.2, 0.25) is 0 Å². The molecule has 3 N–H and O–H groups in total. The first kappa shape index (κ1) is 20.9. The third-order valence-corrected chi connectivity index (χ3v) is 6.97. The highest BCUT2D eigenvalue weighted by atomic mass is 16.2. The van der Waals surface area contributed by atoms with Crippen LogP contribution in [0.25, 0.3) is 43.5 Å². The van der Waals surface area contributed by atoms with E-state index in [0.717, 1.165) is 69.5 Å². The van der Waals surface area contributed by atoms with Crippen molar-refractivity contribution < 1.29 is 9.59 Å². The van der Waals surface area contributed by atoms with Crippen molar-refractivity contribution in [1.82, 2.24) is 25.1 Å². The van der Waals surface area contributed by atoms with Gasteiger partial charge in [-0.3, -0.25) is 14.9 Å². The van der Waals surface area contributed by atoms with Crippen LogP contribution in [0.3, 0.4) is 0 Å². The fourth-order valence-corrected chi connectivity index (χ4v) is 5.38. The van der Waals surface area contributed by atoms with Gasteiger partial charge >= 0.3 is 0 Å². The molecular weight excluding hydrogens is 426 g/mol. The van der Waals surface area contributed by atoms with E-state index in [2.05, 4.69) is 52.8 Å². The molecule has 0 unspecified atom stereocenters. The van der Waals surface area contributed by atoms with Gasteiger partial charge in [-0.25, -0.2) is 0 Å². The molecule has 0 saturated carbocycles. The van der Waals surface area contributed by atoms with E-state index in [0.29, 0.717) is 11.1 Å². The van der Waals surface area contributed by atoms with Gasteiger partial charge in [0.25, 0.3) is 11.8 Å². The number of H-pyrrole nitrogens is 1. The Balaban J connectivity index is 1.61. The molecule has 0 atom stereocenters. The lowest BCUT2D eigenvalue weighted by molar-refractivity contribution is 0.0880. The number of aromatic nitrogens is 2. The molecule has 0 bridgehead atoms. The number of aryl methyl sites for hydroxylation is 1. The maximum absolute atomic E-state index is 13.1. The number of benzene rings is 3. The average molecular weight is 454 g/mol. The second-order valence-electron chi connectivity index (χ2n) is 9.40. The summed E-state index contributed by atoms with van der Waals surface area (Å²) in [6, 6.07) is 12.4. The molecule has 1 aliphatic rings. The summed E-state index contributed by atoms with van der Waals surface area (Å²) in [5.74, 6) is -0.647. The van der Waals surface area contributed by atoms with Gasteiger partial charge in [0.05, 0.1) is 22.2 Å². The molecule has 7 heteroatoms. The Hall–Kier alpha value is -3.68. The zero-order valence-electron chi connectivity index (χ0n) is 19.6. The predicted octanol–water partition coefficient (Wildman–Crippen LogP) is 3.54. The number of amides is 2. The van der Waals surface area contributed by atoms with Crippen LogP contribution in [0.4, 0.5) is 0 Å². The Kier molecular flexibility index (Phi) is 4.72. The van der Waals surface area contributed by atoms with Gasteiger partial charge in [0.15, 0.2) is 0 Å². The number of rotatable bonds is 6. The number of carbonyl (C=O) groups is 2. The summed E-state index contributed by atoms with van der Waals surface area (Å²) < 4.78 is 2.02. The van der Waals surface area contributed by atoms with E-state index in [1.165, 1.54) is 5.56 Å². The number of nitrogens with zero attached hydrogens (tertiary/aromatic N) is 2. The third kappa shape index (κ3) is 2.97. The van der Waals surface area contributed by atoms with Gasteiger partial charge in [0, 0.05) is 58.8 Å². The van der Waals surface area contributed by atoms with Crippen LogP contribution in [0.5, 0.6) is 0 Å². The molecule has 34 heavy (non-hydrogen) atoms. The molecular formula is C27H27N5O2. The van der Waals surface area contributed by atoms with E-state index in [1.807, 2.05) is 36.0 Å². The van der Waals surface area contributed by atoms with Gasteiger partial charge < -0.3 is 19.8 Å². The van der Waals surface area contributed by atoms with Gasteiger partial charge in [-0.15, -0.1) is 0 Å². The van der Waals surface area contributed by atoms with E-state index < -0.39 is 0 Å². The molecule has 172 valence electrons. The van der Waals surface area contributed by atoms with Crippen molar-refractivity contribution in [2.75, 3.05) is 33.7 Å². The largest absolute Gasteiger partial charge is 0.354 e. The Morgan fingerprint density at radius 1 is 0.912 bits per heavy atom. The van der Waals surface area contributed by atoms with Gasteiger partial charge in [0.2, 0.25) is 0 Å². The van der Waals surface area contributed by atoms with Crippen molar-refractivity contribution in [1.29, 1.82) is 0 Å². The number of aromatic amines is 1. The maximum atomic E-state index is 13.1. The van der Waals surface area contributed by atoms with Crippen molar-refractivity contribution in [3.05, 3.63) is 59.3 Å². The molecule has 3 aromatic carbocycles. The number of para-hydroxylation sites is 1. The number of fused-ring (bicyclic) bond motifs is 10. The molecule has 0 aliphatic carbocycles. The minimum atomic E-state index is -0.324. The van der Waals surface area contributed by atoms with Crippen molar-refractivity contribution in [2.24, 2.45) is 7.05 Å². The van der Waals surface area contributed by atoms with Gasteiger partial charge in [-0.05, 0) is 38.7 Å². The summed E-state index contributed by atoms with van der Waals surface area (Å²) in [6.45, 7) is 2.79. The molecule has 2 aromatic heterocycles. The molecule has 3 heterocycles. The van der Waals surface area contributed by atoms with Crippen LogP contribution >= 0.6 is 0 Å². The standard InChI is InChI=1S/C27H27N5O2/c1-31(2)14-12-28-11-9-15-5-4-6-17-19-21-22(27(34)30-26(21)33)20-18(24(19)29-23(15)17)8-7-16-10-13-32(3)25(16)20/h4-8,10,13,28-29H,9,11-12,14H2,1-3H3,(H,30,33,34). The molecule has 0 spiro atoms. The second kappa shape index (κ2) is 7.68. The Morgan fingerprint density at radius 3 is 2.47 bits per heavy atom. The highest BCUT2D eigenvalue weighted by molar-refractivity contribution is 6.39. The monoisotopic (exact) mass is 453 g/mol. The predicted molar refractivity (Wildman–Crippen MR) is 137 cm³/mol. The normalized spacial score (nSPS) is 13.8. The van der Waals surface area contributed by atoms with Crippen LogP contribution in [-0.4, -0.2) is 60.0 Å². The van der Waals surface area contributed by atoms with Crippen molar-refractivity contribution >= 4 is 55.3 Å². The average Bonchev–Trinajstić information content (AvgIpc) is 3.47. The fraction of sp³-hybridized carbons (Fsp3) is 0.259.